The second kappa shape index (κ2) is 8.93. The highest BCUT2D eigenvalue weighted by molar-refractivity contribution is 7.99. The van der Waals surface area contributed by atoms with Gasteiger partial charge in [-0.2, -0.15) is 0 Å². The van der Waals surface area contributed by atoms with Crippen molar-refractivity contribution in [1.29, 1.82) is 0 Å². The van der Waals surface area contributed by atoms with Crippen molar-refractivity contribution in [3.05, 3.63) is 53.9 Å². The van der Waals surface area contributed by atoms with E-state index in [0.29, 0.717) is 13.2 Å². The van der Waals surface area contributed by atoms with E-state index < -0.39 is 0 Å². The maximum Gasteiger partial charge on any atom is 0.196 e. The van der Waals surface area contributed by atoms with E-state index in [0.717, 1.165) is 28.0 Å². The van der Waals surface area contributed by atoms with Gasteiger partial charge >= 0.3 is 0 Å². The van der Waals surface area contributed by atoms with E-state index in [1.54, 1.807) is 24.2 Å². The summed E-state index contributed by atoms with van der Waals surface area (Å²) in [7, 11) is 0. The van der Waals surface area contributed by atoms with E-state index in [9.17, 15) is 0 Å². The second-order valence-corrected chi connectivity index (χ2v) is 6.89. The van der Waals surface area contributed by atoms with E-state index in [-0.39, 0.29) is 6.61 Å². The highest BCUT2D eigenvalue weighted by atomic mass is 32.2. The molecule has 0 spiro atoms. The Bertz CT molecular complexity index is 852. The molecule has 3 rings (SSSR count). The minimum Gasteiger partial charge on any atom is -0.394 e. The summed E-state index contributed by atoms with van der Waals surface area (Å²) in [6, 6.07) is 10.2. The largest absolute Gasteiger partial charge is 0.394 e. The SMILES string of the molecule is Cc1ccc(-n2c(SCCOCCO)nnc2-c2ccncc2)cc1C. The molecular formula is C19H22N4O2S. The number of ether oxygens (including phenoxy) is 1. The van der Waals surface area contributed by atoms with Gasteiger partial charge in [-0.15, -0.1) is 10.2 Å². The molecule has 1 N–H and O–H groups in total. The molecule has 0 saturated carbocycles. The lowest BCUT2D eigenvalue weighted by atomic mass is 10.1. The Morgan fingerprint density at radius 3 is 2.58 bits per heavy atom. The Labute approximate surface area is 157 Å². The molecule has 0 radical (unpaired) electrons. The predicted molar refractivity (Wildman–Crippen MR) is 103 cm³/mol. The molecule has 0 aliphatic carbocycles. The number of aromatic nitrogens is 4. The number of hydrogen-bond donors (Lipinski definition) is 1. The van der Waals surface area contributed by atoms with Crippen LogP contribution >= 0.6 is 11.8 Å². The molecule has 0 fully saturated rings. The van der Waals surface area contributed by atoms with Gasteiger partial charge in [0.1, 0.15) is 0 Å². The monoisotopic (exact) mass is 370 g/mol. The Hall–Kier alpha value is -2.22. The Morgan fingerprint density at radius 1 is 1.04 bits per heavy atom. The topological polar surface area (TPSA) is 73.1 Å². The number of aliphatic hydroxyl groups is 1. The van der Waals surface area contributed by atoms with E-state index in [1.165, 1.54) is 11.1 Å². The Balaban J connectivity index is 1.94. The number of aliphatic hydroxyl groups excluding tert-OH is 1. The minimum atomic E-state index is 0.0374. The van der Waals surface area contributed by atoms with Crippen LogP contribution in [0, 0.1) is 13.8 Å². The molecule has 2 aromatic heterocycles. The second-order valence-electron chi connectivity index (χ2n) is 5.83. The van der Waals surface area contributed by atoms with Crippen LogP contribution in [-0.4, -0.2) is 50.4 Å². The first-order chi connectivity index (χ1) is 12.7. The van der Waals surface area contributed by atoms with E-state index in [1.807, 2.05) is 12.1 Å². The van der Waals surface area contributed by atoms with Crippen molar-refractivity contribution in [2.45, 2.75) is 19.0 Å². The molecule has 0 aliphatic rings. The van der Waals surface area contributed by atoms with Gasteiger partial charge in [0.05, 0.1) is 25.5 Å². The molecule has 7 heteroatoms. The third-order valence-corrected chi connectivity index (χ3v) is 4.91. The first-order valence-electron chi connectivity index (χ1n) is 8.45. The molecule has 0 bridgehead atoms. The van der Waals surface area contributed by atoms with Crippen LogP contribution in [0.4, 0.5) is 0 Å². The lowest BCUT2D eigenvalue weighted by Crippen LogP contribution is -2.04. The zero-order valence-corrected chi connectivity index (χ0v) is 15.7. The summed E-state index contributed by atoms with van der Waals surface area (Å²) in [5.74, 6) is 1.52. The van der Waals surface area contributed by atoms with Gasteiger partial charge in [0.15, 0.2) is 11.0 Å². The number of hydrogen-bond acceptors (Lipinski definition) is 6. The number of aryl methyl sites for hydroxylation is 2. The fraction of sp³-hybridized carbons (Fsp3) is 0.316. The van der Waals surface area contributed by atoms with Crippen molar-refractivity contribution < 1.29 is 9.84 Å². The number of thioether (sulfide) groups is 1. The summed E-state index contributed by atoms with van der Waals surface area (Å²) in [5.41, 5.74) is 4.47. The molecule has 136 valence electrons. The molecule has 3 aromatic rings. The van der Waals surface area contributed by atoms with Gasteiger partial charge in [0.25, 0.3) is 0 Å². The fourth-order valence-corrected chi connectivity index (χ4v) is 3.31. The van der Waals surface area contributed by atoms with Crippen molar-refractivity contribution in [2.24, 2.45) is 0 Å². The highest BCUT2D eigenvalue weighted by Gasteiger charge is 2.16. The maximum absolute atomic E-state index is 8.79. The third-order valence-electron chi connectivity index (χ3n) is 4.02. The van der Waals surface area contributed by atoms with E-state index in [4.69, 9.17) is 9.84 Å². The molecule has 6 nitrogen and oxygen atoms in total. The van der Waals surface area contributed by atoms with Gasteiger partial charge in [0, 0.05) is 23.7 Å². The molecule has 1 aromatic carbocycles. The molecule has 2 heterocycles. The lowest BCUT2D eigenvalue weighted by Gasteiger charge is -2.12. The van der Waals surface area contributed by atoms with Crippen LogP contribution in [0.3, 0.4) is 0 Å². The van der Waals surface area contributed by atoms with E-state index in [2.05, 4.69) is 51.8 Å². The molecule has 0 atom stereocenters. The van der Waals surface area contributed by atoms with Crippen LogP contribution in [0.15, 0.2) is 47.9 Å². The summed E-state index contributed by atoms with van der Waals surface area (Å²) < 4.78 is 7.41. The Kier molecular flexibility index (Phi) is 6.38. The molecule has 0 aliphatic heterocycles. The molecule has 0 saturated heterocycles. The lowest BCUT2D eigenvalue weighted by molar-refractivity contribution is 0.103. The average Bonchev–Trinajstić information content (AvgIpc) is 3.08. The summed E-state index contributed by atoms with van der Waals surface area (Å²) in [6.45, 7) is 5.14. The van der Waals surface area contributed by atoms with Gasteiger partial charge in [-0.1, -0.05) is 17.8 Å². The molecular weight excluding hydrogens is 348 g/mol. The molecule has 26 heavy (non-hydrogen) atoms. The first kappa shape index (κ1) is 18.6. The molecule has 0 amide bonds. The van der Waals surface area contributed by atoms with Crippen molar-refractivity contribution in [3.63, 3.8) is 0 Å². The van der Waals surface area contributed by atoms with Gasteiger partial charge in [-0.05, 0) is 49.2 Å². The van der Waals surface area contributed by atoms with Gasteiger partial charge < -0.3 is 9.84 Å². The smallest absolute Gasteiger partial charge is 0.196 e. The van der Waals surface area contributed by atoms with Crippen molar-refractivity contribution in [3.8, 4) is 17.1 Å². The van der Waals surface area contributed by atoms with Crippen LogP contribution in [0.25, 0.3) is 17.1 Å². The van der Waals surface area contributed by atoms with E-state index >= 15 is 0 Å². The number of nitrogens with zero attached hydrogens (tertiary/aromatic N) is 4. The van der Waals surface area contributed by atoms with Crippen LogP contribution in [0.1, 0.15) is 11.1 Å². The van der Waals surface area contributed by atoms with Crippen LogP contribution in [0.2, 0.25) is 0 Å². The zero-order valence-electron chi connectivity index (χ0n) is 14.9. The summed E-state index contributed by atoms with van der Waals surface area (Å²) in [6.07, 6.45) is 3.51. The van der Waals surface area contributed by atoms with Crippen LogP contribution in [-0.2, 0) is 4.74 Å². The van der Waals surface area contributed by atoms with Gasteiger partial charge in [0.2, 0.25) is 0 Å². The molecule has 0 unspecified atom stereocenters. The van der Waals surface area contributed by atoms with Crippen LogP contribution < -0.4 is 0 Å². The summed E-state index contributed by atoms with van der Waals surface area (Å²) in [4.78, 5) is 4.08. The normalized spacial score (nSPS) is 11.0. The van der Waals surface area contributed by atoms with Crippen molar-refractivity contribution in [1.82, 2.24) is 19.7 Å². The summed E-state index contributed by atoms with van der Waals surface area (Å²) in [5, 5.41) is 18.4. The fourth-order valence-electron chi connectivity index (χ4n) is 2.51. The maximum atomic E-state index is 8.79. The van der Waals surface area contributed by atoms with Crippen molar-refractivity contribution >= 4 is 11.8 Å². The highest BCUT2D eigenvalue weighted by Crippen LogP contribution is 2.28. The quantitative estimate of drug-likeness (QED) is 0.485. The van der Waals surface area contributed by atoms with Crippen molar-refractivity contribution in [2.75, 3.05) is 25.6 Å². The first-order valence-corrected chi connectivity index (χ1v) is 9.44. The van der Waals surface area contributed by atoms with Crippen LogP contribution in [0.5, 0.6) is 0 Å². The number of pyridine rings is 1. The Morgan fingerprint density at radius 2 is 1.85 bits per heavy atom. The minimum absolute atomic E-state index is 0.0374. The third kappa shape index (κ3) is 4.30. The standard InChI is InChI=1S/C19H22N4O2S/c1-14-3-4-17(13-15(14)2)23-18(16-5-7-20-8-6-16)21-22-19(23)26-12-11-25-10-9-24/h3-8,13,24H,9-12H2,1-2H3. The summed E-state index contributed by atoms with van der Waals surface area (Å²) >= 11 is 1.58. The zero-order chi connectivity index (χ0) is 18.4. The predicted octanol–water partition coefficient (Wildman–Crippen LogP) is 3.05. The number of benzene rings is 1. The van der Waals surface area contributed by atoms with Gasteiger partial charge in [-0.25, -0.2) is 0 Å². The number of rotatable bonds is 8. The van der Waals surface area contributed by atoms with Gasteiger partial charge in [-0.3, -0.25) is 9.55 Å². The average molecular weight is 370 g/mol.